The number of fused-ring (bicyclic) bond motifs is 3. The molecule has 9 nitrogen and oxygen atoms in total. The van der Waals surface area contributed by atoms with Crippen LogP contribution in [0.3, 0.4) is 0 Å². The number of carbonyl (C=O) groups excluding carboxylic acids is 3. The van der Waals surface area contributed by atoms with Gasteiger partial charge < -0.3 is 20.1 Å². The number of hydrogen-bond donors (Lipinski definition) is 3. The first-order chi connectivity index (χ1) is 15.1. The summed E-state index contributed by atoms with van der Waals surface area (Å²) in [5, 5.41) is 9.39. The van der Waals surface area contributed by atoms with Gasteiger partial charge in [-0.2, -0.15) is 0 Å². The van der Waals surface area contributed by atoms with Gasteiger partial charge in [-0.25, -0.2) is 4.98 Å². The Hall–Kier alpha value is -3.04. The van der Waals surface area contributed by atoms with Crippen LogP contribution in [0.4, 0.5) is 0 Å². The van der Waals surface area contributed by atoms with E-state index >= 15 is 0 Å². The Bertz CT molecular complexity index is 1100. The number of imidazole rings is 1. The van der Waals surface area contributed by atoms with E-state index in [4.69, 9.17) is 0 Å². The third-order valence-corrected chi connectivity index (χ3v) is 7.20. The fourth-order valence-electron chi connectivity index (χ4n) is 5.48. The minimum absolute atomic E-state index is 0.126. The molecule has 2 unspecified atom stereocenters. The highest BCUT2D eigenvalue weighted by atomic mass is 16.2. The number of nitrogens with one attached hydrogen (secondary N) is 3. The SMILES string of the molecule is O=C1CCC(N2Cc3c(CNC4CC5(CNC5)n5ccnc54)cccc3C2=O)C(=O)N1. The summed E-state index contributed by atoms with van der Waals surface area (Å²) in [6, 6.07) is 5.33. The van der Waals surface area contributed by atoms with Crippen LogP contribution in [0.5, 0.6) is 0 Å². The molecule has 0 saturated carbocycles. The number of amides is 3. The summed E-state index contributed by atoms with van der Waals surface area (Å²) in [5.74, 6) is 0.275. The third-order valence-electron chi connectivity index (χ3n) is 7.20. The van der Waals surface area contributed by atoms with Crippen molar-refractivity contribution in [1.82, 2.24) is 30.4 Å². The van der Waals surface area contributed by atoms with Crippen molar-refractivity contribution in [1.29, 1.82) is 0 Å². The molecule has 3 N–H and O–H groups in total. The Morgan fingerprint density at radius 1 is 1.23 bits per heavy atom. The van der Waals surface area contributed by atoms with Gasteiger partial charge in [0.05, 0.1) is 11.6 Å². The molecule has 3 amide bonds. The van der Waals surface area contributed by atoms with Crippen LogP contribution in [0, 0.1) is 0 Å². The lowest BCUT2D eigenvalue weighted by molar-refractivity contribution is -0.136. The minimum Gasteiger partial charge on any atom is -0.325 e. The van der Waals surface area contributed by atoms with Crippen molar-refractivity contribution in [3.05, 3.63) is 53.1 Å². The number of carbonyl (C=O) groups is 3. The minimum atomic E-state index is -0.591. The molecule has 4 aliphatic heterocycles. The number of piperidine rings is 1. The van der Waals surface area contributed by atoms with Crippen molar-refractivity contribution in [3.63, 3.8) is 0 Å². The summed E-state index contributed by atoms with van der Waals surface area (Å²) >= 11 is 0. The molecule has 4 aliphatic rings. The lowest BCUT2D eigenvalue weighted by Gasteiger charge is -2.41. The fourth-order valence-corrected chi connectivity index (χ4v) is 5.48. The normalized spacial score (nSPS) is 26.1. The summed E-state index contributed by atoms with van der Waals surface area (Å²) < 4.78 is 2.30. The maximum absolute atomic E-state index is 13.0. The summed E-state index contributed by atoms with van der Waals surface area (Å²) in [6.07, 6.45) is 5.56. The monoisotopic (exact) mass is 420 g/mol. The fraction of sp³-hybridized carbons (Fsp3) is 0.455. The van der Waals surface area contributed by atoms with Crippen molar-refractivity contribution in [2.45, 2.75) is 50.0 Å². The van der Waals surface area contributed by atoms with E-state index in [0.717, 1.165) is 36.5 Å². The molecule has 1 aromatic carbocycles. The first kappa shape index (κ1) is 18.7. The van der Waals surface area contributed by atoms with Gasteiger partial charge in [0.2, 0.25) is 11.8 Å². The molecule has 6 rings (SSSR count). The van der Waals surface area contributed by atoms with Gasteiger partial charge in [-0.1, -0.05) is 12.1 Å². The molecular formula is C22H24N6O3. The summed E-state index contributed by atoms with van der Waals surface area (Å²) in [7, 11) is 0. The number of nitrogens with zero attached hydrogens (tertiary/aromatic N) is 3. The smallest absolute Gasteiger partial charge is 0.255 e. The number of benzene rings is 1. The molecule has 1 spiro atoms. The van der Waals surface area contributed by atoms with Gasteiger partial charge in [0, 0.05) is 50.6 Å². The summed E-state index contributed by atoms with van der Waals surface area (Å²) in [6.45, 7) is 2.95. The summed E-state index contributed by atoms with van der Waals surface area (Å²) in [4.78, 5) is 43.0. The molecule has 0 bridgehead atoms. The van der Waals surface area contributed by atoms with Gasteiger partial charge >= 0.3 is 0 Å². The van der Waals surface area contributed by atoms with Crippen LogP contribution >= 0.6 is 0 Å². The zero-order valence-corrected chi connectivity index (χ0v) is 17.1. The standard InChI is InChI=1S/C22H24N6O3/c29-18-5-4-17(20(30)26-18)27-10-15-13(2-1-3-14(15)21(27)31)9-25-16-8-22(11-23-12-22)28-7-6-24-19(16)28/h1-3,6-7,16-17,23,25H,4-5,8-12H2,(H,26,29,30). The van der Waals surface area contributed by atoms with E-state index < -0.39 is 6.04 Å². The quantitative estimate of drug-likeness (QED) is 0.609. The van der Waals surface area contributed by atoms with Gasteiger partial charge in [-0.05, 0) is 30.0 Å². The molecular weight excluding hydrogens is 396 g/mol. The summed E-state index contributed by atoms with van der Waals surface area (Å²) in [5.41, 5.74) is 2.80. The predicted molar refractivity (Wildman–Crippen MR) is 110 cm³/mol. The van der Waals surface area contributed by atoms with E-state index in [0.29, 0.717) is 25.1 Å². The average molecular weight is 420 g/mol. The largest absolute Gasteiger partial charge is 0.325 e. The van der Waals surface area contributed by atoms with Gasteiger partial charge in [-0.15, -0.1) is 0 Å². The van der Waals surface area contributed by atoms with Crippen molar-refractivity contribution in [3.8, 4) is 0 Å². The number of hydrogen-bond acceptors (Lipinski definition) is 6. The van der Waals surface area contributed by atoms with Crippen LogP contribution in [0.2, 0.25) is 0 Å². The highest BCUT2D eigenvalue weighted by molar-refractivity contribution is 6.05. The molecule has 0 radical (unpaired) electrons. The van der Waals surface area contributed by atoms with E-state index in [1.54, 1.807) is 4.90 Å². The van der Waals surface area contributed by atoms with Gasteiger partial charge in [-0.3, -0.25) is 19.7 Å². The maximum Gasteiger partial charge on any atom is 0.255 e. The molecule has 2 fully saturated rings. The average Bonchev–Trinajstić information content (AvgIpc) is 3.40. The number of aromatic nitrogens is 2. The van der Waals surface area contributed by atoms with Gasteiger partial charge in [0.1, 0.15) is 11.9 Å². The van der Waals surface area contributed by atoms with Crippen molar-refractivity contribution in [2.24, 2.45) is 0 Å². The second-order valence-electron chi connectivity index (χ2n) is 8.96. The van der Waals surface area contributed by atoms with E-state index in [2.05, 4.69) is 31.7 Å². The molecule has 5 heterocycles. The van der Waals surface area contributed by atoms with Crippen LogP contribution < -0.4 is 16.0 Å². The molecule has 160 valence electrons. The Morgan fingerprint density at radius 3 is 2.87 bits per heavy atom. The number of rotatable bonds is 4. The first-order valence-electron chi connectivity index (χ1n) is 10.8. The van der Waals surface area contributed by atoms with E-state index in [1.165, 1.54) is 0 Å². The Morgan fingerprint density at radius 2 is 2.10 bits per heavy atom. The molecule has 2 aromatic rings. The molecule has 9 heteroatoms. The molecule has 2 saturated heterocycles. The highest BCUT2D eigenvalue weighted by Crippen LogP contribution is 2.41. The maximum atomic E-state index is 13.0. The molecule has 1 aromatic heterocycles. The topological polar surface area (TPSA) is 108 Å². The molecule has 31 heavy (non-hydrogen) atoms. The lowest BCUT2D eigenvalue weighted by atomic mass is 9.88. The Balaban J connectivity index is 1.20. The Labute approximate surface area is 179 Å². The van der Waals surface area contributed by atoms with Crippen LogP contribution in [0.1, 0.15) is 52.6 Å². The lowest BCUT2D eigenvalue weighted by Crippen LogP contribution is -2.58. The zero-order valence-electron chi connectivity index (χ0n) is 17.1. The van der Waals surface area contributed by atoms with Crippen LogP contribution in [0.25, 0.3) is 0 Å². The highest BCUT2D eigenvalue weighted by Gasteiger charge is 2.48. The second-order valence-corrected chi connectivity index (χ2v) is 8.96. The number of imide groups is 1. The third kappa shape index (κ3) is 2.76. The first-order valence-corrected chi connectivity index (χ1v) is 10.8. The van der Waals surface area contributed by atoms with E-state index in [9.17, 15) is 14.4 Å². The van der Waals surface area contributed by atoms with Gasteiger partial charge in [0.15, 0.2) is 0 Å². The van der Waals surface area contributed by atoms with Gasteiger partial charge in [0.25, 0.3) is 5.91 Å². The van der Waals surface area contributed by atoms with Crippen LogP contribution in [0.15, 0.2) is 30.6 Å². The molecule has 2 atom stereocenters. The predicted octanol–water partition coefficient (Wildman–Crippen LogP) is 0.177. The second kappa shape index (κ2) is 6.73. The Kier molecular flexibility index (Phi) is 4.06. The zero-order chi connectivity index (χ0) is 21.2. The molecule has 0 aliphatic carbocycles. The van der Waals surface area contributed by atoms with Crippen molar-refractivity contribution < 1.29 is 14.4 Å². The van der Waals surface area contributed by atoms with Crippen LogP contribution in [-0.2, 0) is 28.2 Å². The van der Waals surface area contributed by atoms with E-state index in [1.807, 2.05) is 24.4 Å². The van der Waals surface area contributed by atoms with Crippen molar-refractivity contribution >= 4 is 17.7 Å². The van der Waals surface area contributed by atoms with E-state index in [-0.39, 0.29) is 35.7 Å². The van der Waals surface area contributed by atoms with Crippen LogP contribution in [-0.4, -0.2) is 51.3 Å². The van der Waals surface area contributed by atoms with Crippen molar-refractivity contribution in [2.75, 3.05) is 13.1 Å².